The van der Waals surface area contributed by atoms with E-state index in [1.807, 2.05) is 72.8 Å². The van der Waals surface area contributed by atoms with E-state index in [4.69, 9.17) is 4.84 Å². The van der Waals surface area contributed by atoms with E-state index < -0.39 is 34.8 Å². The third-order valence-corrected chi connectivity index (χ3v) is 6.57. The second kappa shape index (κ2) is 8.03. The van der Waals surface area contributed by atoms with Gasteiger partial charge in [0, 0.05) is 12.1 Å². The fraction of sp³-hybridized carbons (Fsp3) is 0.111. The largest absolute Gasteiger partial charge is 0.273 e. The Kier molecular flexibility index (Phi) is 4.82. The summed E-state index contributed by atoms with van der Waals surface area (Å²) >= 11 is 0. The Morgan fingerprint density at radius 2 is 1.46 bits per heavy atom. The summed E-state index contributed by atoms with van der Waals surface area (Å²) in [6.07, 6.45) is -1.05. The van der Waals surface area contributed by atoms with Crippen molar-refractivity contribution in [3.8, 4) is 0 Å². The molecule has 4 aromatic rings. The van der Waals surface area contributed by atoms with Crippen LogP contribution >= 0.6 is 0 Å². The van der Waals surface area contributed by atoms with Crippen LogP contribution in [0.4, 0.5) is 17.1 Å². The Labute approximate surface area is 200 Å². The van der Waals surface area contributed by atoms with Gasteiger partial charge in [0.05, 0.1) is 22.3 Å². The van der Waals surface area contributed by atoms with Gasteiger partial charge < -0.3 is 0 Å². The van der Waals surface area contributed by atoms with Gasteiger partial charge >= 0.3 is 0 Å². The lowest BCUT2D eigenvalue weighted by Gasteiger charge is -2.29. The lowest BCUT2D eigenvalue weighted by Crippen LogP contribution is -2.37. The number of carbonyl (C=O) groups excluding carboxylic acids is 2. The summed E-state index contributed by atoms with van der Waals surface area (Å²) in [5, 5.41) is 14.9. The first-order valence-electron chi connectivity index (χ1n) is 11.2. The molecule has 0 bridgehead atoms. The molecule has 0 N–H and O–H groups in total. The van der Waals surface area contributed by atoms with Crippen molar-refractivity contribution < 1.29 is 19.3 Å². The van der Waals surface area contributed by atoms with Gasteiger partial charge in [-0.25, -0.2) is 9.96 Å². The fourth-order valence-corrected chi connectivity index (χ4v) is 5.04. The molecule has 2 aliphatic rings. The number of benzene rings is 4. The average molecular weight is 465 g/mol. The number of hydrogen-bond donors (Lipinski definition) is 0. The molecule has 2 aliphatic heterocycles. The van der Waals surface area contributed by atoms with E-state index in [-0.39, 0.29) is 11.4 Å². The first-order valence-corrected chi connectivity index (χ1v) is 11.2. The van der Waals surface area contributed by atoms with Crippen LogP contribution < -0.4 is 9.96 Å². The summed E-state index contributed by atoms with van der Waals surface area (Å²) in [6, 6.07) is 28.0. The Hall–Kier alpha value is -4.56. The van der Waals surface area contributed by atoms with Crippen LogP contribution in [0.5, 0.6) is 0 Å². The number of nitro groups is 1. The molecule has 8 nitrogen and oxygen atoms in total. The van der Waals surface area contributed by atoms with E-state index in [9.17, 15) is 19.7 Å². The number of nitrogens with zero attached hydrogens (tertiary/aromatic N) is 3. The van der Waals surface area contributed by atoms with Gasteiger partial charge in [0.1, 0.15) is 5.92 Å². The number of fused-ring (bicyclic) bond motifs is 2. The number of nitro benzene ring substituents is 1. The van der Waals surface area contributed by atoms with Crippen molar-refractivity contribution in [2.45, 2.75) is 12.1 Å². The summed E-state index contributed by atoms with van der Waals surface area (Å²) in [6.45, 7) is 0. The van der Waals surface area contributed by atoms with Gasteiger partial charge in [0.25, 0.3) is 11.6 Å². The molecule has 35 heavy (non-hydrogen) atoms. The van der Waals surface area contributed by atoms with Crippen LogP contribution in [0, 0.1) is 16.0 Å². The predicted molar refractivity (Wildman–Crippen MR) is 130 cm³/mol. The molecule has 0 spiro atoms. The molecule has 172 valence electrons. The van der Waals surface area contributed by atoms with E-state index >= 15 is 0 Å². The molecule has 0 aliphatic carbocycles. The lowest BCUT2D eigenvalue weighted by atomic mass is 9.87. The maximum Gasteiger partial charge on any atom is 0.271 e. The highest BCUT2D eigenvalue weighted by molar-refractivity contribution is 6.24. The smallest absolute Gasteiger partial charge is 0.271 e. The maximum atomic E-state index is 13.8. The number of hydrogen-bond acceptors (Lipinski definition) is 6. The minimum Gasteiger partial charge on any atom is -0.273 e. The number of rotatable bonds is 4. The van der Waals surface area contributed by atoms with E-state index in [0.717, 1.165) is 26.9 Å². The van der Waals surface area contributed by atoms with E-state index in [0.29, 0.717) is 0 Å². The SMILES string of the molecule is O=C1[C@H]2[C@@H](ON(c3ccccc3)[C@H]2c2cccc3ccccc23)C(=O)N1c1cccc([N+](=O)[O-])c1. The first kappa shape index (κ1) is 21.0. The summed E-state index contributed by atoms with van der Waals surface area (Å²) in [4.78, 5) is 45.2. The molecule has 0 unspecified atom stereocenters. The first-order chi connectivity index (χ1) is 17.0. The molecule has 8 heteroatoms. The molecule has 0 radical (unpaired) electrons. The second-order valence-electron chi connectivity index (χ2n) is 8.52. The minimum absolute atomic E-state index is 0.162. The number of amides is 2. The highest BCUT2D eigenvalue weighted by Crippen LogP contribution is 2.49. The third-order valence-electron chi connectivity index (χ3n) is 6.57. The van der Waals surface area contributed by atoms with Gasteiger partial charge in [0.2, 0.25) is 5.91 Å². The van der Waals surface area contributed by atoms with Crippen molar-refractivity contribution in [2.24, 2.45) is 5.92 Å². The highest BCUT2D eigenvalue weighted by Gasteiger charge is 2.60. The van der Waals surface area contributed by atoms with Crippen LogP contribution in [0.25, 0.3) is 10.8 Å². The lowest BCUT2D eigenvalue weighted by molar-refractivity contribution is -0.384. The van der Waals surface area contributed by atoms with Crippen molar-refractivity contribution in [3.63, 3.8) is 0 Å². The van der Waals surface area contributed by atoms with Crippen LogP contribution in [0.2, 0.25) is 0 Å². The molecule has 3 atom stereocenters. The number of imide groups is 1. The molecule has 2 fully saturated rings. The fourth-order valence-electron chi connectivity index (χ4n) is 5.04. The second-order valence-corrected chi connectivity index (χ2v) is 8.52. The zero-order valence-corrected chi connectivity index (χ0v) is 18.4. The van der Waals surface area contributed by atoms with Gasteiger partial charge in [-0.1, -0.05) is 66.7 Å². The normalized spacial score (nSPS) is 21.5. The molecule has 0 aromatic heterocycles. The van der Waals surface area contributed by atoms with Crippen LogP contribution in [0.15, 0.2) is 97.1 Å². The van der Waals surface area contributed by atoms with Crippen molar-refractivity contribution in [1.29, 1.82) is 0 Å². The molecule has 2 saturated heterocycles. The summed E-state index contributed by atoms with van der Waals surface area (Å²) < 4.78 is 0. The number of non-ortho nitro benzene ring substituents is 1. The Bertz CT molecular complexity index is 1480. The van der Waals surface area contributed by atoms with Gasteiger partial charge in [0.15, 0.2) is 6.10 Å². The Morgan fingerprint density at radius 1 is 0.771 bits per heavy atom. The Balaban J connectivity index is 1.49. The van der Waals surface area contributed by atoms with Crippen LogP contribution in [-0.4, -0.2) is 22.8 Å². The number of para-hydroxylation sites is 1. The van der Waals surface area contributed by atoms with Crippen molar-refractivity contribution >= 4 is 39.6 Å². The van der Waals surface area contributed by atoms with Gasteiger partial charge in [-0.2, -0.15) is 0 Å². The zero-order chi connectivity index (χ0) is 24.1. The molecule has 2 amide bonds. The minimum atomic E-state index is -1.05. The summed E-state index contributed by atoms with van der Waals surface area (Å²) in [5.74, 6) is -1.81. The molecule has 2 heterocycles. The molecule has 4 aromatic carbocycles. The molecule has 0 saturated carbocycles. The van der Waals surface area contributed by atoms with Crippen molar-refractivity contribution in [2.75, 3.05) is 9.96 Å². The Morgan fingerprint density at radius 3 is 2.26 bits per heavy atom. The third kappa shape index (κ3) is 3.26. The maximum absolute atomic E-state index is 13.8. The van der Waals surface area contributed by atoms with E-state index in [2.05, 4.69) is 0 Å². The molecular weight excluding hydrogens is 446 g/mol. The average Bonchev–Trinajstić information content (AvgIpc) is 3.40. The topological polar surface area (TPSA) is 93.0 Å². The molecular formula is C27H19N3O5. The quantitative estimate of drug-likeness (QED) is 0.244. The monoisotopic (exact) mass is 465 g/mol. The van der Waals surface area contributed by atoms with Crippen LogP contribution in [0.3, 0.4) is 0 Å². The number of carbonyl (C=O) groups is 2. The highest BCUT2D eigenvalue weighted by atomic mass is 16.7. The number of anilines is 2. The predicted octanol–water partition coefficient (Wildman–Crippen LogP) is 4.80. The molecule has 6 rings (SSSR count). The zero-order valence-electron chi connectivity index (χ0n) is 18.4. The van der Waals surface area contributed by atoms with E-state index in [1.54, 1.807) is 5.06 Å². The standard InChI is InChI=1S/C27H19N3O5/c31-26-23-24(22-15-6-9-17-8-4-5-14-21(17)22)29(18-10-2-1-3-11-18)35-25(23)27(32)28(26)19-12-7-13-20(16-19)30(33)34/h1-16,23-25H/t23-,24+,25-/m1/s1. The van der Waals surface area contributed by atoms with Crippen LogP contribution in [-0.2, 0) is 14.4 Å². The number of hydroxylamine groups is 1. The van der Waals surface area contributed by atoms with Crippen molar-refractivity contribution in [3.05, 3.63) is 113 Å². The summed E-state index contributed by atoms with van der Waals surface area (Å²) in [5.41, 5.74) is 1.55. The van der Waals surface area contributed by atoms with E-state index in [1.165, 1.54) is 24.3 Å². The van der Waals surface area contributed by atoms with Gasteiger partial charge in [-0.05, 0) is 34.5 Å². The van der Waals surface area contributed by atoms with Crippen LogP contribution in [0.1, 0.15) is 11.6 Å². The van der Waals surface area contributed by atoms with Gasteiger partial charge in [-0.15, -0.1) is 0 Å². The summed E-state index contributed by atoms with van der Waals surface area (Å²) in [7, 11) is 0. The van der Waals surface area contributed by atoms with Gasteiger partial charge in [-0.3, -0.25) is 24.5 Å². The van der Waals surface area contributed by atoms with Crippen molar-refractivity contribution in [1.82, 2.24) is 0 Å².